The molecule has 1 aromatic carbocycles. The Morgan fingerprint density at radius 2 is 2.14 bits per heavy atom. The molecule has 0 aliphatic heterocycles. The van der Waals surface area contributed by atoms with Crippen molar-refractivity contribution in [2.45, 2.75) is 6.92 Å². The lowest BCUT2D eigenvalue weighted by Crippen LogP contribution is -1.81. The minimum Gasteiger partial charge on any atom is -0.313 e. The highest BCUT2D eigenvalue weighted by Crippen LogP contribution is 2.09. The van der Waals surface area contributed by atoms with Gasteiger partial charge in [-0.15, -0.1) is 0 Å². The SMILES string of the molecule is Cc1ccccc1C=Cn1ccnc1. The Bertz CT molecular complexity index is 427. The van der Waals surface area contributed by atoms with Crippen molar-refractivity contribution in [2.75, 3.05) is 0 Å². The average Bonchev–Trinajstić information content (AvgIpc) is 2.69. The monoisotopic (exact) mass is 184 g/mol. The predicted octanol–water partition coefficient (Wildman–Crippen LogP) is 2.82. The zero-order valence-electron chi connectivity index (χ0n) is 8.09. The third-order valence-corrected chi connectivity index (χ3v) is 2.14. The average molecular weight is 184 g/mol. The maximum atomic E-state index is 3.97. The van der Waals surface area contributed by atoms with Crippen molar-refractivity contribution in [3.63, 3.8) is 0 Å². The summed E-state index contributed by atoms with van der Waals surface area (Å²) in [6.45, 7) is 2.10. The summed E-state index contributed by atoms with van der Waals surface area (Å²) in [5.74, 6) is 0. The lowest BCUT2D eigenvalue weighted by atomic mass is 10.1. The van der Waals surface area contributed by atoms with Crippen LogP contribution in [-0.2, 0) is 0 Å². The number of benzene rings is 1. The van der Waals surface area contributed by atoms with Crippen LogP contribution in [0.15, 0.2) is 43.0 Å². The molecule has 0 radical (unpaired) electrons. The van der Waals surface area contributed by atoms with E-state index in [1.165, 1.54) is 11.1 Å². The molecule has 70 valence electrons. The topological polar surface area (TPSA) is 17.8 Å². The quantitative estimate of drug-likeness (QED) is 0.701. The molecule has 0 saturated heterocycles. The Balaban J connectivity index is 2.23. The molecule has 2 heteroatoms. The molecule has 0 aliphatic carbocycles. The van der Waals surface area contributed by atoms with Gasteiger partial charge in [0, 0.05) is 18.6 Å². The molecule has 0 N–H and O–H groups in total. The first-order valence-electron chi connectivity index (χ1n) is 4.57. The van der Waals surface area contributed by atoms with Crippen molar-refractivity contribution in [2.24, 2.45) is 0 Å². The normalized spacial score (nSPS) is 10.9. The summed E-state index contributed by atoms with van der Waals surface area (Å²) < 4.78 is 1.92. The van der Waals surface area contributed by atoms with Gasteiger partial charge in [0.1, 0.15) is 0 Å². The van der Waals surface area contributed by atoms with Crippen LogP contribution in [0.1, 0.15) is 11.1 Å². The fourth-order valence-electron chi connectivity index (χ4n) is 1.30. The fourth-order valence-corrected chi connectivity index (χ4v) is 1.30. The third-order valence-electron chi connectivity index (χ3n) is 2.14. The molecular weight excluding hydrogens is 172 g/mol. The Hall–Kier alpha value is -1.83. The highest BCUT2D eigenvalue weighted by molar-refractivity contribution is 5.62. The van der Waals surface area contributed by atoms with Gasteiger partial charge in [-0.2, -0.15) is 0 Å². The Morgan fingerprint density at radius 1 is 1.29 bits per heavy atom. The molecule has 0 unspecified atom stereocenters. The first kappa shape index (κ1) is 8.75. The number of imidazole rings is 1. The van der Waals surface area contributed by atoms with Crippen molar-refractivity contribution in [1.29, 1.82) is 0 Å². The number of hydrogen-bond donors (Lipinski definition) is 0. The van der Waals surface area contributed by atoms with E-state index in [0.29, 0.717) is 0 Å². The van der Waals surface area contributed by atoms with Gasteiger partial charge in [-0.05, 0) is 24.1 Å². The second-order valence-electron chi connectivity index (χ2n) is 3.18. The van der Waals surface area contributed by atoms with E-state index in [1.54, 1.807) is 12.5 Å². The van der Waals surface area contributed by atoms with Crippen molar-refractivity contribution >= 4 is 12.3 Å². The van der Waals surface area contributed by atoms with Gasteiger partial charge < -0.3 is 4.57 Å². The number of nitrogens with zero attached hydrogens (tertiary/aromatic N) is 2. The molecule has 0 amide bonds. The molecule has 0 spiro atoms. The Morgan fingerprint density at radius 3 is 2.86 bits per heavy atom. The van der Waals surface area contributed by atoms with Crippen molar-refractivity contribution in [3.8, 4) is 0 Å². The zero-order valence-corrected chi connectivity index (χ0v) is 8.09. The molecule has 0 saturated carbocycles. The zero-order chi connectivity index (χ0) is 9.80. The van der Waals surface area contributed by atoms with E-state index >= 15 is 0 Å². The maximum absolute atomic E-state index is 3.97. The second kappa shape index (κ2) is 3.92. The number of aryl methyl sites for hydroxylation is 1. The van der Waals surface area contributed by atoms with E-state index in [2.05, 4.69) is 30.1 Å². The van der Waals surface area contributed by atoms with Gasteiger partial charge in [0.05, 0.1) is 6.33 Å². The molecule has 0 aliphatic rings. The molecule has 0 bridgehead atoms. The Kier molecular flexibility index (Phi) is 2.45. The van der Waals surface area contributed by atoms with Crippen molar-refractivity contribution in [3.05, 3.63) is 54.1 Å². The van der Waals surface area contributed by atoms with Crippen LogP contribution in [0.5, 0.6) is 0 Å². The van der Waals surface area contributed by atoms with Crippen LogP contribution in [0, 0.1) is 6.92 Å². The van der Waals surface area contributed by atoms with Crippen LogP contribution < -0.4 is 0 Å². The molecule has 14 heavy (non-hydrogen) atoms. The molecule has 2 nitrogen and oxygen atoms in total. The highest BCUT2D eigenvalue weighted by Gasteiger charge is 1.90. The fraction of sp³-hybridized carbons (Fsp3) is 0.0833. The van der Waals surface area contributed by atoms with Crippen LogP contribution >= 0.6 is 0 Å². The van der Waals surface area contributed by atoms with Crippen LogP contribution in [0.4, 0.5) is 0 Å². The standard InChI is InChI=1S/C12H12N2/c1-11-4-2-3-5-12(11)6-8-14-9-7-13-10-14/h2-10H,1H3. The number of hydrogen-bond acceptors (Lipinski definition) is 1. The molecule has 0 fully saturated rings. The van der Waals surface area contributed by atoms with Gasteiger partial charge >= 0.3 is 0 Å². The van der Waals surface area contributed by atoms with Crippen molar-refractivity contribution < 1.29 is 0 Å². The predicted molar refractivity (Wildman–Crippen MR) is 58.6 cm³/mol. The van der Waals surface area contributed by atoms with E-state index in [-0.39, 0.29) is 0 Å². The summed E-state index contributed by atoms with van der Waals surface area (Å²) in [5.41, 5.74) is 2.52. The summed E-state index contributed by atoms with van der Waals surface area (Å²) in [7, 11) is 0. The molecular formula is C12H12N2. The van der Waals surface area contributed by atoms with Gasteiger partial charge in [0.15, 0.2) is 0 Å². The van der Waals surface area contributed by atoms with E-state index < -0.39 is 0 Å². The minimum absolute atomic E-state index is 1.24. The first-order valence-corrected chi connectivity index (χ1v) is 4.57. The summed E-state index contributed by atoms with van der Waals surface area (Å²) in [5, 5.41) is 0. The molecule has 2 rings (SSSR count). The lowest BCUT2D eigenvalue weighted by molar-refractivity contribution is 1.14. The Labute approximate surface area is 83.5 Å². The molecule has 1 heterocycles. The summed E-state index contributed by atoms with van der Waals surface area (Å²) >= 11 is 0. The van der Waals surface area contributed by atoms with Crippen LogP contribution in [0.3, 0.4) is 0 Å². The third kappa shape index (κ3) is 1.91. The summed E-state index contributed by atoms with van der Waals surface area (Å²) in [6.07, 6.45) is 9.53. The van der Waals surface area contributed by atoms with E-state index in [0.717, 1.165) is 0 Å². The first-order chi connectivity index (χ1) is 6.86. The van der Waals surface area contributed by atoms with E-state index in [1.807, 2.05) is 29.1 Å². The number of aromatic nitrogens is 2. The maximum Gasteiger partial charge on any atom is 0.0986 e. The lowest BCUT2D eigenvalue weighted by Gasteiger charge is -1.98. The van der Waals surface area contributed by atoms with Gasteiger partial charge in [0.2, 0.25) is 0 Å². The van der Waals surface area contributed by atoms with Gasteiger partial charge in [-0.3, -0.25) is 0 Å². The second-order valence-corrected chi connectivity index (χ2v) is 3.18. The summed E-state index contributed by atoms with van der Waals surface area (Å²) in [6, 6.07) is 8.29. The van der Waals surface area contributed by atoms with E-state index in [4.69, 9.17) is 0 Å². The number of rotatable bonds is 2. The van der Waals surface area contributed by atoms with Gasteiger partial charge in [0.25, 0.3) is 0 Å². The highest BCUT2D eigenvalue weighted by atomic mass is 15.0. The van der Waals surface area contributed by atoms with Crippen molar-refractivity contribution in [1.82, 2.24) is 9.55 Å². The molecule has 1 aromatic heterocycles. The van der Waals surface area contributed by atoms with Gasteiger partial charge in [-0.25, -0.2) is 4.98 Å². The largest absolute Gasteiger partial charge is 0.313 e. The van der Waals surface area contributed by atoms with E-state index in [9.17, 15) is 0 Å². The van der Waals surface area contributed by atoms with Crippen LogP contribution in [0.2, 0.25) is 0 Å². The van der Waals surface area contributed by atoms with Crippen LogP contribution in [-0.4, -0.2) is 9.55 Å². The van der Waals surface area contributed by atoms with Gasteiger partial charge in [-0.1, -0.05) is 24.3 Å². The smallest absolute Gasteiger partial charge is 0.0986 e. The minimum atomic E-state index is 1.24. The summed E-state index contributed by atoms with van der Waals surface area (Å²) in [4.78, 5) is 3.97. The molecule has 0 atom stereocenters. The molecule has 2 aromatic rings. The van der Waals surface area contributed by atoms with Crippen LogP contribution in [0.25, 0.3) is 12.3 Å².